The van der Waals surface area contributed by atoms with Gasteiger partial charge in [0.2, 0.25) is 5.91 Å². The van der Waals surface area contributed by atoms with Crippen molar-refractivity contribution < 1.29 is 9.18 Å². The number of nitrogens with one attached hydrogen (secondary N) is 2. The van der Waals surface area contributed by atoms with Crippen LogP contribution in [0.15, 0.2) is 36.9 Å². The third-order valence-corrected chi connectivity index (χ3v) is 6.28. The zero-order valence-electron chi connectivity index (χ0n) is 20.3. The van der Waals surface area contributed by atoms with Crippen LogP contribution in [-0.4, -0.2) is 47.6 Å². The van der Waals surface area contributed by atoms with Crippen molar-refractivity contribution in [2.24, 2.45) is 0 Å². The van der Waals surface area contributed by atoms with Gasteiger partial charge in [-0.3, -0.25) is 10.1 Å². The third-order valence-electron chi connectivity index (χ3n) is 6.28. The third kappa shape index (κ3) is 3.93. The van der Waals surface area contributed by atoms with Crippen LogP contribution in [0.5, 0.6) is 0 Å². The molecule has 1 aliphatic heterocycles. The molecule has 5 rings (SSSR count). The monoisotopic (exact) mass is 474 g/mol. The molecule has 10 heteroatoms. The van der Waals surface area contributed by atoms with Crippen LogP contribution < -0.4 is 10.6 Å². The molecular weight excluding hydrogens is 447 g/mol. The number of aryl methyl sites for hydroxylation is 2. The summed E-state index contributed by atoms with van der Waals surface area (Å²) in [5.74, 6) is 1.17. The van der Waals surface area contributed by atoms with E-state index in [2.05, 4.69) is 30.6 Å². The normalized spacial score (nSPS) is 17.6. The summed E-state index contributed by atoms with van der Waals surface area (Å²) >= 11 is 0. The summed E-state index contributed by atoms with van der Waals surface area (Å²) in [6.45, 7) is 9.26. The predicted octanol–water partition coefficient (Wildman–Crippen LogP) is 3.78. The van der Waals surface area contributed by atoms with Crippen molar-refractivity contribution in [1.29, 1.82) is 0 Å². The topological polar surface area (TPSA) is 111 Å². The number of hydrogen-bond donors (Lipinski definition) is 2. The van der Waals surface area contributed by atoms with Gasteiger partial charge in [0.15, 0.2) is 5.65 Å². The number of aromatic nitrogens is 6. The SMILES string of the molecule is CCn1c(-c2cnc(C)nc2)nc2c(-c3ccc4c(c3)C(C)(NCC(C)(C)F)C(=O)N4)ncnc21. The maximum Gasteiger partial charge on any atom is 0.249 e. The van der Waals surface area contributed by atoms with Gasteiger partial charge in [-0.15, -0.1) is 0 Å². The van der Waals surface area contributed by atoms with E-state index in [-0.39, 0.29) is 12.5 Å². The molecule has 0 saturated carbocycles. The fourth-order valence-corrected chi connectivity index (χ4v) is 4.32. The maximum atomic E-state index is 14.2. The largest absolute Gasteiger partial charge is 0.324 e. The maximum absolute atomic E-state index is 14.2. The van der Waals surface area contributed by atoms with E-state index in [9.17, 15) is 9.18 Å². The standard InChI is InChI=1S/C25H27FN8O/c1-6-34-21(16-10-27-14(2)28-11-16)33-20-19(29-13-30-22(20)34)15-7-8-18-17(9-15)25(5,23(35)32-18)31-12-24(3,4)26/h7-11,13,31H,6,12H2,1-5H3,(H,32,35). The van der Waals surface area contributed by atoms with Crippen LogP contribution >= 0.6 is 0 Å². The number of fused-ring (bicyclic) bond motifs is 2. The fourth-order valence-electron chi connectivity index (χ4n) is 4.32. The van der Waals surface area contributed by atoms with E-state index in [1.807, 2.05) is 36.6 Å². The van der Waals surface area contributed by atoms with E-state index in [1.165, 1.54) is 20.2 Å². The van der Waals surface area contributed by atoms with Gasteiger partial charge in [-0.1, -0.05) is 6.07 Å². The molecule has 1 amide bonds. The molecule has 0 bridgehead atoms. The summed E-state index contributed by atoms with van der Waals surface area (Å²) in [6, 6.07) is 5.65. The molecule has 1 unspecified atom stereocenters. The Kier molecular flexibility index (Phi) is 5.36. The van der Waals surface area contributed by atoms with E-state index in [1.54, 1.807) is 19.3 Å². The fraction of sp³-hybridized carbons (Fsp3) is 0.360. The number of benzene rings is 1. The van der Waals surface area contributed by atoms with Gasteiger partial charge in [-0.25, -0.2) is 29.3 Å². The number of rotatable bonds is 6. The summed E-state index contributed by atoms with van der Waals surface area (Å²) in [4.78, 5) is 35.4. The molecule has 0 spiro atoms. The molecule has 0 radical (unpaired) electrons. The van der Waals surface area contributed by atoms with Gasteiger partial charge in [0.1, 0.15) is 40.4 Å². The molecule has 0 aliphatic carbocycles. The zero-order valence-corrected chi connectivity index (χ0v) is 20.3. The Balaban J connectivity index is 1.63. The smallest absolute Gasteiger partial charge is 0.249 e. The average Bonchev–Trinajstić information content (AvgIpc) is 3.32. The van der Waals surface area contributed by atoms with Crippen LogP contribution in [0.2, 0.25) is 0 Å². The van der Waals surface area contributed by atoms with E-state index in [0.29, 0.717) is 40.7 Å². The van der Waals surface area contributed by atoms with E-state index in [0.717, 1.165) is 16.7 Å². The Bertz CT molecular complexity index is 1440. The van der Waals surface area contributed by atoms with Crippen LogP contribution in [0.4, 0.5) is 10.1 Å². The Morgan fingerprint density at radius 1 is 1.14 bits per heavy atom. The van der Waals surface area contributed by atoms with Crippen LogP contribution in [-0.2, 0) is 16.9 Å². The highest BCUT2D eigenvalue weighted by atomic mass is 19.1. The Labute approximate surface area is 202 Å². The molecule has 0 fully saturated rings. The number of anilines is 1. The molecule has 1 atom stereocenters. The molecule has 2 N–H and O–H groups in total. The Morgan fingerprint density at radius 2 is 1.89 bits per heavy atom. The highest BCUT2D eigenvalue weighted by Gasteiger charge is 2.43. The van der Waals surface area contributed by atoms with Gasteiger partial charge in [0, 0.05) is 42.3 Å². The Morgan fingerprint density at radius 3 is 2.57 bits per heavy atom. The number of carbonyl (C=O) groups excluding carboxylic acids is 1. The lowest BCUT2D eigenvalue weighted by Crippen LogP contribution is -2.49. The number of hydrogen-bond acceptors (Lipinski definition) is 7. The molecule has 1 aliphatic rings. The van der Waals surface area contributed by atoms with Crippen molar-refractivity contribution in [2.45, 2.75) is 52.4 Å². The first-order chi connectivity index (χ1) is 16.6. The second-order valence-electron chi connectivity index (χ2n) is 9.50. The van der Waals surface area contributed by atoms with E-state index < -0.39 is 11.2 Å². The van der Waals surface area contributed by atoms with Crippen molar-refractivity contribution in [1.82, 2.24) is 34.8 Å². The first-order valence-corrected chi connectivity index (χ1v) is 11.5. The van der Waals surface area contributed by atoms with Gasteiger partial charge >= 0.3 is 0 Å². The molecule has 180 valence electrons. The molecular formula is C25H27FN8O. The van der Waals surface area contributed by atoms with Gasteiger partial charge in [-0.2, -0.15) is 0 Å². The summed E-state index contributed by atoms with van der Waals surface area (Å²) in [5, 5.41) is 6.01. The van der Waals surface area contributed by atoms with Crippen LogP contribution in [0.3, 0.4) is 0 Å². The first-order valence-electron chi connectivity index (χ1n) is 11.5. The predicted molar refractivity (Wildman–Crippen MR) is 131 cm³/mol. The molecule has 0 saturated heterocycles. The molecule has 1 aromatic carbocycles. The molecule has 4 aromatic rings. The second kappa shape index (κ2) is 8.16. The lowest BCUT2D eigenvalue weighted by Gasteiger charge is -2.27. The minimum atomic E-state index is -1.47. The molecule has 9 nitrogen and oxygen atoms in total. The average molecular weight is 475 g/mol. The van der Waals surface area contributed by atoms with Gasteiger partial charge in [-0.05, 0) is 46.8 Å². The number of amides is 1. The molecule has 4 heterocycles. The molecule has 35 heavy (non-hydrogen) atoms. The summed E-state index contributed by atoms with van der Waals surface area (Å²) < 4.78 is 16.2. The Hall–Kier alpha value is -3.79. The van der Waals surface area contributed by atoms with Crippen molar-refractivity contribution >= 4 is 22.8 Å². The van der Waals surface area contributed by atoms with Gasteiger partial charge < -0.3 is 9.88 Å². The van der Waals surface area contributed by atoms with E-state index in [4.69, 9.17) is 4.98 Å². The summed E-state index contributed by atoms with van der Waals surface area (Å²) in [6.07, 6.45) is 5.01. The van der Waals surface area contributed by atoms with Gasteiger partial charge in [0.25, 0.3) is 0 Å². The highest BCUT2D eigenvalue weighted by Crippen LogP contribution is 2.39. The van der Waals surface area contributed by atoms with E-state index >= 15 is 0 Å². The van der Waals surface area contributed by atoms with Crippen LogP contribution in [0, 0.1) is 6.92 Å². The number of nitrogens with zero attached hydrogens (tertiary/aromatic N) is 6. The zero-order chi connectivity index (χ0) is 25.0. The quantitative estimate of drug-likeness (QED) is 0.437. The lowest BCUT2D eigenvalue weighted by atomic mass is 9.90. The number of carbonyl (C=O) groups is 1. The minimum absolute atomic E-state index is 0.0290. The van der Waals surface area contributed by atoms with Crippen molar-refractivity contribution in [3.05, 3.63) is 48.3 Å². The lowest BCUT2D eigenvalue weighted by molar-refractivity contribution is -0.121. The van der Waals surface area contributed by atoms with Crippen molar-refractivity contribution in [2.75, 3.05) is 11.9 Å². The summed E-state index contributed by atoms with van der Waals surface area (Å²) in [7, 11) is 0. The minimum Gasteiger partial charge on any atom is -0.324 e. The van der Waals surface area contributed by atoms with Crippen LogP contribution in [0.1, 0.15) is 39.1 Å². The number of halogens is 1. The number of imidazole rings is 1. The second-order valence-corrected chi connectivity index (χ2v) is 9.50. The molecule has 3 aromatic heterocycles. The summed E-state index contributed by atoms with van der Waals surface area (Å²) in [5.41, 5.74) is 2.43. The number of alkyl halides is 1. The highest BCUT2D eigenvalue weighted by molar-refractivity contribution is 6.06. The van der Waals surface area contributed by atoms with Crippen molar-refractivity contribution in [3.63, 3.8) is 0 Å². The van der Waals surface area contributed by atoms with Gasteiger partial charge in [0.05, 0.1) is 5.56 Å². The van der Waals surface area contributed by atoms with Crippen LogP contribution in [0.25, 0.3) is 33.8 Å². The first kappa shape index (κ1) is 23.0. The van der Waals surface area contributed by atoms with Crippen molar-refractivity contribution in [3.8, 4) is 22.6 Å².